The van der Waals surface area contributed by atoms with Crippen LogP contribution in [0.4, 0.5) is 0 Å². The molecule has 0 saturated heterocycles. The quantitative estimate of drug-likeness (QED) is 0.270. The van der Waals surface area contributed by atoms with Gasteiger partial charge >= 0.3 is 11.9 Å². The Balaban J connectivity index is 2.60. The maximum Gasteiger partial charge on any atom is 0.320 e. The van der Waals surface area contributed by atoms with Gasteiger partial charge in [0.05, 0.1) is 14.2 Å². The average Bonchev–Trinajstić information content (AvgIpc) is 2.73. The molecule has 154 valence electrons. The van der Waals surface area contributed by atoms with Crippen molar-refractivity contribution in [2.75, 3.05) is 14.2 Å². The average molecular weight is 526 g/mol. The highest BCUT2D eigenvalue weighted by atomic mass is 79.9. The zero-order valence-electron chi connectivity index (χ0n) is 16.4. The minimum atomic E-state index is -1.25. The fourth-order valence-electron chi connectivity index (χ4n) is 3.42. The van der Waals surface area contributed by atoms with Crippen molar-refractivity contribution in [2.24, 2.45) is 11.8 Å². The fraction of sp³-hybridized carbons (Fsp3) is 0.318. The summed E-state index contributed by atoms with van der Waals surface area (Å²) < 4.78 is 11.5. The molecule has 0 bridgehead atoms. The number of rotatable bonds is 8. The number of hydrogen-bond donors (Lipinski definition) is 0. The molecule has 0 fully saturated rings. The van der Waals surface area contributed by atoms with Crippen LogP contribution in [0.1, 0.15) is 35.2 Å². The van der Waals surface area contributed by atoms with E-state index >= 15 is 0 Å². The number of carbonyl (C=O) groups excluding carboxylic acids is 3. The van der Waals surface area contributed by atoms with Gasteiger partial charge in [0.15, 0.2) is 11.7 Å². The van der Waals surface area contributed by atoms with E-state index in [9.17, 15) is 14.4 Å². The third-order valence-electron chi connectivity index (χ3n) is 4.86. The molecule has 0 saturated carbocycles. The Hall–Kier alpha value is -1.99. The molecule has 7 heteroatoms. The largest absolute Gasteiger partial charge is 0.468 e. The van der Waals surface area contributed by atoms with E-state index in [2.05, 4.69) is 31.9 Å². The number of esters is 2. The predicted octanol–water partition coefficient (Wildman–Crippen LogP) is 5.17. The molecule has 0 aromatic heterocycles. The first-order valence-corrected chi connectivity index (χ1v) is 10.6. The molecular weight excluding hydrogens is 504 g/mol. The van der Waals surface area contributed by atoms with Crippen molar-refractivity contribution in [1.29, 1.82) is 0 Å². The van der Waals surface area contributed by atoms with Crippen molar-refractivity contribution in [3.8, 4) is 0 Å². The SMILES string of the molecule is CCC(C(=O)c1ccc(Br)cc1)C(c1ccc(Br)cc1)C(C(=O)OC)C(=O)OC. The predicted molar refractivity (Wildman–Crippen MR) is 117 cm³/mol. The van der Waals surface area contributed by atoms with Crippen LogP contribution >= 0.6 is 31.9 Å². The lowest BCUT2D eigenvalue weighted by Gasteiger charge is -2.30. The zero-order chi connectivity index (χ0) is 21.6. The van der Waals surface area contributed by atoms with Crippen LogP contribution in [-0.2, 0) is 19.1 Å². The van der Waals surface area contributed by atoms with Gasteiger partial charge in [-0.15, -0.1) is 0 Å². The summed E-state index contributed by atoms with van der Waals surface area (Å²) in [6.45, 7) is 1.86. The normalized spacial score (nSPS) is 12.9. The number of hydrogen-bond acceptors (Lipinski definition) is 5. The standard InChI is InChI=1S/C22H22Br2O5/c1-4-17(20(25)14-7-11-16(24)12-8-14)18(13-5-9-15(23)10-6-13)19(21(26)28-2)22(27)29-3/h5-12,17-19H,4H2,1-3H3. The molecule has 0 amide bonds. The van der Waals surface area contributed by atoms with Gasteiger partial charge in [-0.25, -0.2) is 0 Å². The molecule has 0 aliphatic rings. The Morgan fingerprint density at radius 1 is 0.828 bits per heavy atom. The number of benzene rings is 2. The van der Waals surface area contributed by atoms with Crippen molar-refractivity contribution in [3.63, 3.8) is 0 Å². The van der Waals surface area contributed by atoms with Gasteiger partial charge in [0.25, 0.3) is 0 Å². The Labute approximate surface area is 187 Å². The molecule has 0 aliphatic carbocycles. The lowest BCUT2D eigenvalue weighted by molar-refractivity contribution is -0.160. The third-order valence-corrected chi connectivity index (χ3v) is 5.92. The molecule has 2 aromatic carbocycles. The maximum atomic E-state index is 13.4. The fourth-order valence-corrected chi connectivity index (χ4v) is 3.94. The third kappa shape index (κ3) is 5.54. The topological polar surface area (TPSA) is 69.7 Å². The van der Waals surface area contributed by atoms with E-state index in [1.54, 1.807) is 36.4 Å². The zero-order valence-corrected chi connectivity index (χ0v) is 19.5. The summed E-state index contributed by atoms with van der Waals surface area (Å²) in [6.07, 6.45) is 0.431. The summed E-state index contributed by atoms with van der Waals surface area (Å²) in [7, 11) is 2.43. The summed E-state index contributed by atoms with van der Waals surface area (Å²) in [5.41, 5.74) is 1.20. The van der Waals surface area contributed by atoms with Gasteiger partial charge in [-0.1, -0.05) is 63.0 Å². The molecule has 29 heavy (non-hydrogen) atoms. The molecule has 2 unspecified atom stereocenters. The van der Waals surface area contributed by atoms with E-state index in [1.165, 1.54) is 14.2 Å². The van der Waals surface area contributed by atoms with Crippen molar-refractivity contribution in [1.82, 2.24) is 0 Å². The number of methoxy groups -OCH3 is 2. The Bertz CT molecular complexity index is 846. The highest BCUT2D eigenvalue weighted by molar-refractivity contribution is 9.10. The van der Waals surface area contributed by atoms with E-state index in [0.29, 0.717) is 17.5 Å². The van der Waals surface area contributed by atoms with Crippen LogP contribution in [0.25, 0.3) is 0 Å². The summed E-state index contributed by atoms with van der Waals surface area (Å²) in [5.74, 6) is -4.22. The first-order valence-electron chi connectivity index (χ1n) is 9.04. The number of carbonyl (C=O) groups is 3. The second-order valence-electron chi connectivity index (χ2n) is 6.49. The highest BCUT2D eigenvalue weighted by Gasteiger charge is 2.44. The summed E-state index contributed by atoms with van der Waals surface area (Å²) in [6, 6.07) is 14.2. The van der Waals surface area contributed by atoms with Crippen LogP contribution in [0.5, 0.6) is 0 Å². The molecule has 2 aromatic rings. The van der Waals surface area contributed by atoms with Gasteiger partial charge in [0, 0.05) is 26.3 Å². The van der Waals surface area contributed by atoms with Gasteiger partial charge < -0.3 is 9.47 Å². The Kier molecular flexibility index (Phi) is 8.59. The Morgan fingerprint density at radius 3 is 1.69 bits per heavy atom. The van der Waals surface area contributed by atoms with Gasteiger partial charge in [0.1, 0.15) is 0 Å². The summed E-state index contributed by atoms with van der Waals surface area (Å²) >= 11 is 6.75. The number of ether oxygens (including phenoxy) is 2. The van der Waals surface area contributed by atoms with Crippen LogP contribution in [0.2, 0.25) is 0 Å². The van der Waals surface area contributed by atoms with Crippen LogP contribution in [0.3, 0.4) is 0 Å². The van der Waals surface area contributed by atoms with Crippen LogP contribution in [0, 0.1) is 11.8 Å². The smallest absolute Gasteiger partial charge is 0.320 e. The molecule has 0 aliphatic heterocycles. The van der Waals surface area contributed by atoms with Gasteiger partial charge in [-0.05, 0) is 36.2 Å². The molecule has 2 rings (SSSR count). The molecule has 2 atom stereocenters. The van der Waals surface area contributed by atoms with Crippen LogP contribution in [0.15, 0.2) is 57.5 Å². The number of ketones is 1. The van der Waals surface area contributed by atoms with Crippen molar-refractivity contribution in [3.05, 3.63) is 68.6 Å². The first-order chi connectivity index (χ1) is 13.8. The first kappa shape index (κ1) is 23.3. The van der Waals surface area contributed by atoms with Crippen molar-refractivity contribution < 1.29 is 23.9 Å². The van der Waals surface area contributed by atoms with E-state index in [-0.39, 0.29) is 5.78 Å². The van der Waals surface area contributed by atoms with Gasteiger partial charge in [-0.3, -0.25) is 14.4 Å². The highest BCUT2D eigenvalue weighted by Crippen LogP contribution is 2.38. The van der Waals surface area contributed by atoms with Crippen molar-refractivity contribution in [2.45, 2.75) is 19.3 Å². The molecular formula is C22H22Br2O5. The summed E-state index contributed by atoms with van der Waals surface area (Å²) in [5, 5.41) is 0. The molecule has 5 nitrogen and oxygen atoms in total. The molecule has 0 N–H and O–H groups in total. The molecule has 0 spiro atoms. The van der Waals surface area contributed by atoms with E-state index in [0.717, 1.165) is 8.95 Å². The van der Waals surface area contributed by atoms with Crippen molar-refractivity contribution >= 4 is 49.6 Å². The number of halogens is 2. The van der Waals surface area contributed by atoms with E-state index in [1.807, 2.05) is 19.1 Å². The second kappa shape index (κ2) is 10.7. The lowest BCUT2D eigenvalue weighted by atomic mass is 9.72. The number of Topliss-reactive ketones (excluding diaryl/α,β-unsaturated/α-hetero) is 1. The van der Waals surface area contributed by atoms with Crippen LogP contribution < -0.4 is 0 Å². The van der Waals surface area contributed by atoms with E-state index in [4.69, 9.17) is 9.47 Å². The lowest BCUT2D eigenvalue weighted by Crippen LogP contribution is -2.38. The minimum absolute atomic E-state index is 0.147. The molecule has 0 heterocycles. The van der Waals surface area contributed by atoms with E-state index < -0.39 is 29.7 Å². The van der Waals surface area contributed by atoms with Gasteiger partial charge in [-0.2, -0.15) is 0 Å². The van der Waals surface area contributed by atoms with Crippen LogP contribution in [-0.4, -0.2) is 31.9 Å². The summed E-state index contributed by atoms with van der Waals surface area (Å²) in [4.78, 5) is 38.5. The monoisotopic (exact) mass is 524 g/mol. The second-order valence-corrected chi connectivity index (χ2v) is 8.32. The maximum absolute atomic E-state index is 13.4. The molecule has 0 radical (unpaired) electrons. The van der Waals surface area contributed by atoms with Gasteiger partial charge in [0.2, 0.25) is 0 Å². The minimum Gasteiger partial charge on any atom is -0.468 e. The Morgan fingerprint density at radius 2 is 1.28 bits per heavy atom.